The number of rotatable bonds is 4. The zero-order chi connectivity index (χ0) is 10.6. The lowest BCUT2D eigenvalue weighted by atomic mass is 10.2. The number of aliphatic hydroxyl groups excluding tert-OH is 1. The molecule has 0 saturated heterocycles. The molecule has 0 amide bonds. The summed E-state index contributed by atoms with van der Waals surface area (Å²) < 4.78 is 0. The second-order valence-corrected chi connectivity index (χ2v) is 3.98. The number of aliphatic hydroxyl groups is 1. The van der Waals surface area contributed by atoms with Gasteiger partial charge in [-0.05, 0) is 18.6 Å². The summed E-state index contributed by atoms with van der Waals surface area (Å²) in [7, 11) is 0. The van der Waals surface area contributed by atoms with E-state index in [2.05, 4.69) is 5.32 Å². The number of hydrogen-bond donors (Lipinski definition) is 2. The third-order valence-electron chi connectivity index (χ3n) is 1.79. The monoisotopic (exact) mass is 233 g/mol. The van der Waals surface area contributed by atoms with Crippen LogP contribution in [0.1, 0.15) is 12.5 Å². The van der Waals surface area contributed by atoms with Crippen LogP contribution in [-0.4, -0.2) is 17.8 Å². The van der Waals surface area contributed by atoms with Crippen LogP contribution in [0.3, 0.4) is 0 Å². The highest BCUT2D eigenvalue weighted by Crippen LogP contribution is 2.25. The van der Waals surface area contributed by atoms with E-state index in [0.29, 0.717) is 23.1 Å². The van der Waals surface area contributed by atoms with E-state index in [4.69, 9.17) is 28.3 Å². The standard InChI is InChI=1S/C10H13Cl2NO/c1-7(14)5-13-6-8-3-2-4-9(11)10(8)12/h2-4,7,13-14H,5-6H2,1H3/t7-/m0/s1. The van der Waals surface area contributed by atoms with Crippen molar-refractivity contribution < 1.29 is 5.11 Å². The summed E-state index contributed by atoms with van der Waals surface area (Å²) in [6.45, 7) is 2.89. The van der Waals surface area contributed by atoms with Crippen molar-refractivity contribution >= 4 is 23.2 Å². The van der Waals surface area contributed by atoms with E-state index < -0.39 is 0 Å². The average molecular weight is 234 g/mol. The molecule has 0 saturated carbocycles. The molecule has 1 rings (SSSR count). The van der Waals surface area contributed by atoms with Gasteiger partial charge in [-0.25, -0.2) is 0 Å². The van der Waals surface area contributed by atoms with Gasteiger partial charge in [0.2, 0.25) is 0 Å². The summed E-state index contributed by atoms with van der Waals surface area (Å²) in [5, 5.41) is 13.2. The fraction of sp³-hybridized carbons (Fsp3) is 0.400. The normalized spacial score (nSPS) is 12.9. The lowest BCUT2D eigenvalue weighted by molar-refractivity contribution is 0.191. The van der Waals surface area contributed by atoms with Gasteiger partial charge in [0.15, 0.2) is 0 Å². The number of hydrogen-bond acceptors (Lipinski definition) is 2. The minimum atomic E-state index is -0.354. The summed E-state index contributed by atoms with van der Waals surface area (Å²) in [4.78, 5) is 0. The Balaban J connectivity index is 2.54. The van der Waals surface area contributed by atoms with Gasteiger partial charge in [-0.3, -0.25) is 0 Å². The molecule has 0 radical (unpaired) electrons. The highest BCUT2D eigenvalue weighted by molar-refractivity contribution is 6.42. The van der Waals surface area contributed by atoms with Crippen LogP contribution in [0.4, 0.5) is 0 Å². The first-order valence-corrected chi connectivity index (χ1v) is 5.18. The van der Waals surface area contributed by atoms with Crippen LogP contribution < -0.4 is 5.32 Å². The van der Waals surface area contributed by atoms with Gasteiger partial charge < -0.3 is 10.4 Å². The Kier molecular flexibility index (Phi) is 4.69. The van der Waals surface area contributed by atoms with Gasteiger partial charge in [0.1, 0.15) is 0 Å². The second-order valence-electron chi connectivity index (χ2n) is 3.19. The fourth-order valence-corrected chi connectivity index (χ4v) is 1.49. The molecule has 0 spiro atoms. The molecule has 0 aromatic heterocycles. The molecule has 1 aromatic carbocycles. The molecule has 0 bridgehead atoms. The molecular formula is C10H13Cl2NO. The quantitative estimate of drug-likeness (QED) is 0.838. The molecule has 78 valence electrons. The fourth-order valence-electron chi connectivity index (χ4n) is 1.10. The van der Waals surface area contributed by atoms with Gasteiger partial charge in [-0.15, -0.1) is 0 Å². The van der Waals surface area contributed by atoms with Gasteiger partial charge in [0.05, 0.1) is 16.1 Å². The maximum Gasteiger partial charge on any atom is 0.0637 e. The lowest BCUT2D eigenvalue weighted by Crippen LogP contribution is -2.23. The lowest BCUT2D eigenvalue weighted by Gasteiger charge is -2.08. The van der Waals surface area contributed by atoms with Gasteiger partial charge in [0.25, 0.3) is 0 Å². The first-order valence-electron chi connectivity index (χ1n) is 4.43. The zero-order valence-electron chi connectivity index (χ0n) is 7.93. The van der Waals surface area contributed by atoms with Crippen LogP contribution in [0.25, 0.3) is 0 Å². The van der Waals surface area contributed by atoms with Gasteiger partial charge >= 0.3 is 0 Å². The molecule has 1 aromatic rings. The summed E-state index contributed by atoms with van der Waals surface area (Å²) in [5.74, 6) is 0. The summed E-state index contributed by atoms with van der Waals surface area (Å²) in [6.07, 6.45) is -0.354. The SMILES string of the molecule is C[C@H](O)CNCc1cccc(Cl)c1Cl. The molecule has 0 heterocycles. The Labute approximate surface area is 93.8 Å². The number of benzene rings is 1. The maximum atomic E-state index is 9.03. The molecule has 0 aliphatic heterocycles. The topological polar surface area (TPSA) is 32.3 Å². The Morgan fingerprint density at radius 1 is 1.43 bits per heavy atom. The van der Waals surface area contributed by atoms with E-state index in [1.54, 1.807) is 13.0 Å². The smallest absolute Gasteiger partial charge is 0.0637 e. The first kappa shape index (κ1) is 11.8. The van der Waals surface area contributed by atoms with Crippen molar-refractivity contribution in [2.45, 2.75) is 19.6 Å². The first-order chi connectivity index (χ1) is 6.61. The Bertz CT molecular complexity index is 302. The summed E-state index contributed by atoms with van der Waals surface area (Å²) in [5.41, 5.74) is 0.944. The van der Waals surface area contributed by atoms with E-state index in [1.165, 1.54) is 0 Å². The van der Waals surface area contributed by atoms with Gasteiger partial charge in [0, 0.05) is 13.1 Å². The highest BCUT2D eigenvalue weighted by atomic mass is 35.5. The Morgan fingerprint density at radius 2 is 2.14 bits per heavy atom. The minimum Gasteiger partial charge on any atom is -0.392 e. The van der Waals surface area contributed by atoms with Gasteiger partial charge in [-0.1, -0.05) is 35.3 Å². The van der Waals surface area contributed by atoms with Crippen LogP contribution in [-0.2, 0) is 6.54 Å². The van der Waals surface area contributed by atoms with E-state index >= 15 is 0 Å². The molecule has 2 nitrogen and oxygen atoms in total. The molecule has 1 atom stereocenters. The molecule has 0 fully saturated rings. The van der Waals surface area contributed by atoms with Crippen LogP contribution >= 0.6 is 23.2 Å². The molecular weight excluding hydrogens is 221 g/mol. The van der Waals surface area contributed by atoms with Crippen molar-refractivity contribution in [2.75, 3.05) is 6.54 Å². The van der Waals surface area contributed by atoms with Crippen molar-refractivity contribution in [3.05, 3.63) is 33.8 Å². The van der Waals surface area contributed by atoms with Crippen LogP contribution in [0, 0.1) is 0 Å². The maximum absolute atomic E-state index is 9.03. The molecule has 0 aliphatic rings. The Hall–Kier alpha value is -0.280. The Morgan fingerprint density at radius 3 is 2.79 bits per heavy atom. The van der Waals surface area contributed by atoms with Crippen LogP contribution in [0.15, 0.2) is 18.2 Å². The second kappa shape index (κ2) is 5.56. The summed E-state index contributed by atoms with van der Waals surface area (Å²) >= 11 is 11.8. The molecule has 2 N–H and O–H groups in total. The third kappa shape index (κ3) is 3.46. The van der Waals surface area contributed by atoms with Crippen molar-refractivity contribution in [3.63, 3.8) is 0 Å². The van der Waals surface area contributed by atoms with Gasteiger partial charge in [-0.2, -0.15) is 0 Å². The van der Waals surface area contributed by atoms with Crippen molar-refractivity contribution in [3.8, 4) is 0 Å². The molecule has 0 unspecified atom stereocenters. The van der Waals surface area contributed by atoms with Crippen molar-refractivity contribution in [2.24, 2.45) is 0 Å². The van der Waals surface area contributed by atoms with Crippen molar-refractivity contribution in [1.29, 1.82) is 0 Å². The predicted octanol–water partition coefficient (Wildman–Crippen LogP) is 2.46. The molecule has 14 heavy (non-hydrogen) atoms. The highest BCUT2D eigenvalue weighted by Gasteiger charge is 2.03. The number of nitrogens with one attached hydrogen (secondary N) is 1. The van der Waals surface area contributed by atoms with E-state index in [9.17, 15) is 0 Å². The zero-order valence-corrected chi connectivity index (χ0v) is 9.44. The predicted molar refractivity (Wildman–Crippen MR) is 59.8 cm³/mol. The average Bonchev–Trinajstić information content (AvgIpc) is 2.12. The van der Waals surface area contributed by atoms with Crippen LogP contribution in [0.2, 0.25) is 10.0 Å². The largest absolute Gasteiger partial charge is 0.392 e. The minimum absolute atomic E-state index is 0.354. The molecule has 0 aliphatic carbocycles. The van der Waals surface area contributed by atoms with E-state index in [0.717, 1.165) is 5.56 Å². The molecule has 4 heteroatoms. The summed E-state index contributed by atoms with van der Waals surface area (Å²) in [6, 6.07) is 5.51. The van der Waals surface area contributed by atoms with E-state index in [1.807, 2.05) is 12.1 Å². The van der Waals surface area contributed by atoms with Crippen molar-refractivity contribution in [1.82, 2.24) is 5.32 Å². The van der Waals surface area contributed by atoms with E-state index in [-0.39, 0.29) is 6.10 Å². The third-order valence-corrected chi connectivity index (χ3v) is 2.64. The van der Waals surface area contributed by atoms with Crippen LogP contribution in [0.5, 0.6) is 0 Å². The number of halogens is 2.